The van der Waals surface area contributed by atoms with Crippen LogP contribution in [0.25, 0.3) is 10.8 Å². The minimum absolute atomic E-state index is 0.0778. The Kier molecular flexibility index (Phi) is 3.82. The van der Waals surface area contributed by atoms with E-state index in [0.717, 1.165) is 23.6 Å². The van der Waals surface area contributed by atoms with E-state index in [1.807, 2.05) is 30.3 Å². The minimum atomic E-state index is -0.169. The molecule has 2 atom stereocenters. The number of rotatable bonds is 2. The Bertz CT molecular complexity index is 665. The Morgan fingerprint density at radius 3 is 2.71 bits per heavy atom. The number of hydrogen-bond acceptors (Lipinski definition) is 2. The molecule has 21 heavy (non-hydrogen) atoms. The highest BCUT2D eigenvalue weighted by molar-refractivity contribution is 6.03. The van der Waals surface area contributed by atoms with Crippen molar-refractivity contribution in [2.45, 2.75) is 38.6 Å². The molecule has 3 rings (SSSR count). The standard InChI is InChI=1S/C18H21NO2/c1-12-6-2-5-9-16(12)19-18(21)15-11-10-13-7-3-4-8-14(13)17(15)20/h3-4,7-8,10-12,16,20H,2,5-6,9H2,1H3,(H,19,21). The summed E-state index contributed by atoms with van der Waals surface area (Å²) in [5.74, 6) is 0.413. The monoisotopic (exact) mass is 283 g/mol. The van der Waals surface area contributed by atoms with Gasteiger partial charge in [0.1, 0.15) is 5.75 Å². The molecule has 2 aromatic rings. The Hall–Kier alpha value is -2.03. The van der Waals surface area contributed by atoms with Crippen molar-refractivity contribution in [1.82, 2.24) is 5.32 Å². The Balaban J connectivity index is 1.86. The number of fused-ring (bicyclic) bond motifs is 1. The van der Waals surface area contributed by atoms with Gasteiger partial charge in [0, 0.05) is 11.4 Å². The number of carbonyl (C=O) groups is 1. The number of benzene rings is 2. The van der Waals surface area contributed by atoms with Crippen LogP contribution in [0.2, 0.25) is 0 Å². The van der Waals surface area contributed by atoms with E-state index in [0.29, 0.717) is 11.5 Å². The average Bonchev–Trinajstić information content (AvgIpc) is 2.50. The highest BCUT2D eigenvalue weighted by atomic mass is 16.3. The maximum Gasteiger partial charge on any atom is 0.255 e. The second kappa shape index (κ2) is 5.76. The lowest BCUT2D eigenvalue weighted by molar-refractivity contribution is 0.0908. The van der Waals surface area contributed by atoms with Gasteiger partial charge in [-0.2, -0.15) is 0 Å². The molecule has 1 saturated carbocycles. The van der Waals surface area contributed by atoms with Crippen molar-refractivity contribution in [2.24, 2.45) is 5.92 Å². The highest BCUT2D eigenvalue weighted by Crippen LogP contribution is 2.29. The van der Waals surface area contributed by atoms with Gasteiger partial charge in [-0.25, -0.2) is 0 Å². The number of phenols is 1. The molecule has 3 heteroatoms. The fraction of sp³-hybridized carbons (Fsp3) is 0.389. The van der Waals surface area contributed by atoms with Crippen LogP contribution in [0.3, 0.4) is 0 Å². The van der Waals surface area contributed by atoms with Crippen LogP contribution in [0, 0.1) is 5.92 Å². The van der Waals surface area contributed by atoms with E-state index in [-0.39, 0.29) is 17.7 Å². The van der Waals surface area contributed by atoms with E-state index < -0.39 is 0 Å². The number of aromatic hydroxyl groups is 1. The number of phenolic OH excluding ortho intramolecular Hbond substituents is 1. The molecule has 0 saturated heterocycles. The van der Waals surface area contributed by atoms with Crippen molar-refractivity contribution >= 4 is 16.7 Å². The Morgan fingerprint density at radius 1 is 1.14 bits per heavy atom. The van der Waals surface area contributed by atoms with Gasteiger partial charge in [-0.05, 0) is 30.2 Å². The predicted octanol–water partition coefficient (Wildman–Crippen LogP) is 3.85. The van der Waals surface area contributed by atoms with Crippen molar-refractivity contribution in [2.75, 3.05) is 0 Å². The van der Waals surface area contributed by atoms with Gasteiger partial charge in [0.05, 0.1) is 5.56 Å². The summed E-state index contributed by atoms with van der Waals surface area (Å²) in [6.45, 7) is 2.18. The third-order valence-corrected chi connectivity index (χ3v) is 4.57. The lowest BCUT2D eigenvalue weighted by Gasteiger charge is -2.29. The summed E-state index contributed by atoms with van der Waals surface area (Å²) in [5, 5.41) is 15.1. The molecule has 0 aromatic heterocycles. The molecular weight excluding hydrogens is 262 g/mol. The van der Waals surface area contributed by atoms with Gasteiger partial charge in [-0.1, -0.05) is 50.1 Å². The number of carbonyl (C=O) groups excluding carboxylic acids is 1. The van der Waals surface area contributed by atoms with Gasteiger partial charge >= 0.3 is 0 Å². The molecule has 0 heterocycles. The smallest absolute Gasteiger partial charge is 0.255 e. The minimum Gasteiger partial charge on any atom is -0.506 e. The molecule has 110 valence electrons. The topological polar surface area (TPSA) is 49.3 Å². The first-order chi connectivity index (χ1) is 10.2. The molecule has 2 unspecified atom stereocenters. The van der Waals surface area contributed by atoms with Gasteiger partial charge in [0.25, 0.3) is 5.91 Å². The summed E-state index contributed by atoms with van der Waals surface area (Å²) < 4.78 is 0. The first-order valence-electron chi connectivity index (χ1n) is 7.68. The zero-order chi connectivity index (χ0) is 14.8. The molecule has 2 aromatic carbocycles. The van der Waals surface area contributed by atoms with Crippen molar-refractivity contribution in [3.8, 4) is 5.75 Å². The molecule has 1 amide bonds. The van der Waals surface area contributed by atoms with Gasteiger partial charge in [-0.3, -0.25) is 4.79 Å². The Morgan fingerprint density at radius 2 is 1.90 bits per heavy atom. The van der Waals surface area contributed by atoms with Crippen LogP contribution in [0.5, 0.6) is 5.75 Å². The molecule has 0 aliphatic heterocycles. The van der Waals surface area contributed by atoms with Crippen LogP contribution in [-0.4, -0.2) is 17.1 Å². The van der Waals surface area contributed by atoms with Crippen molar-refractivity contribution < 1.29 is 9.90 Å². The van der Waals surface area contributed by atoms with E-state index in [2.05, 4.69) is 12.2 Å². The molecule has 0 radical (unpaired) electrons. The van der Waals surface area contributed by atoms with Gasteiger partial charge in [0.15, 0.2) is 0 Å². The van der Waals surface area contributed by atoms with Gasteiger partial charge in [-0.15, -0.1) is 0 Å². The molecule has 1 aliphatic rings. The van der Waals surface area contributed by atoms with E-state index in [9.17, 15) is 9.90 Å². The summed E-state index contributed by atoms with van der Waals surface area (Å²) in [6.07, 6.45) is 4.60. The Labute approximate surface area is 125 Å². The van der Waals surface area contributed by atoms with Crippen LogP contribution in [0.1, 0.15) is 43.0 Å². The van der Waals surface area contributed by atoms with E-state index in [1.165, 1.54) is 12.8 Å². The van der Waals surface area contributed by atoms with E-state index in [1.54, 1.807) is 6.07 Å². The molecule has 2 N–H and O–H groups in total. The first kappa shape index (κ1) is 13.9. The van der Waals surface area contributed by atoms with Crippen LogP contribution in [0.15, 0.2) is 36.4 Å². The largest absolute Gasteiger partial charge is 0.506 e. The van der Waals surface area contributed by atoms with Crippen molar-refractivity contribution in [1.29, 1.82) is 0 Å². The third kappa shape index (κ3) is 2.73. The normalized spacial score (nSPS) is 22.1. The lowest BCUT2D eigenvalue weighted by Crippen LogP contribution is -2.41. The van der Waals surface area contributed by atoms with E-state index >= 15 is 0 Å². The SMILES string of the molecule is CC1CCCCC1NC(=O)c1ccc2ccccc2c1O. The molecule has 1 aliphatic carbocycles. The second-order valence-electron chi connectivity index (χ2n) is 6.02. The number of hydrogen-bond donors (Lipinski definition) is 2. The lowest BCUT2D eigenvalue weighted by atomic mass is 9.86. The second-order valence-corrected chi connectivity index (χ2v) is 6.02. The maximum atomic E-state index is 12.5. The quantitative estimate of drug-likeness (QED) is 0.879. The summed E-state index contributed by atoms with van der Waals surface area (Å²) in [5.41, 5.74) is 0.367. The van der Waals surface area contributed by atoms with Crippen molar-refractivity contribution in [3.05, 3.63) is 42.0 Å². The highest BCUT2D eigenvalue weighted by Gasteiger charge is 2.24. The summed E-state index contributed by atoms with van der Waals surface area (Å²) >= 11 is 0. The molecule has 1 fully saturated rings. The average molecular weight is 283 g/mol. The molecule has 3 nitrogen and oxygen atoms in total. The molecule has 0 spiro atoms. The zero-order valence-corrected chi connectivity index (χ0v) is 12.3. The summed E-state index contributed by atoms with van der Waals surface area (Å²) in [7, 11) is 0. The fourth-order valence-corrected chi connectivity index (χ4v) is 3.22. The fourth-order valence-electron chi connectivity index (χ4n) is 3.22. The van der Waals surface area contributed by atoms with Crippen molar-refractivity contribution in [3.63, 3.8) is 0 Å². The third-order valence-electron chi connectivity index (χ3n) is 4.57. The maximum absolute atomic E-state index is 12.5. The van der Waals surface area contributed by atoms with Gasteiger partial charge < -0.3 is 10.4 Å². The summed E-state index contributed by atoms with van der Waals surface area (Å²) in [4.78, 5) is 12.5. The zero-order valence-electron chi connectivity index (χ0n) is 12.3. The van der Waals surface area contributed by atoms with Crippen LogP contribution < -0.4 is 5.32 Å². The van der Waals surface area contributed by atoms with E-state index in [4.69, 9.17) is 0 Å². The number of amides is 1. The van der Waals surface area contributed by atoms with Crippen LogP contribution in [-0.2, 0) is 0 Å². The predicted molar refractivity (Wildman–Crippen MR) is 84.5 cm³/mol. The van der Waals surface area contributed by atoms with Crippen LogP contribution in [0.4, 0.5) is 0 Å². The van der Waals surface area contributed by atoms with Crippen LogP contribution >= 0.6 is 0 Å². The first-order valence-corrected chi connectivity index (χ1v) is 7.68. The molecular formula is C18H21NO2. The molecule has 0 bridgehead atoms. The number of nitrogens with one attached hydrogen (secondary N) is 1. The van der Waals surface area contributed by atoms with Gasteiger partial charge in [0.2, 0.25) is 0 Å². The summed E-state index contributed by atoms with van der Waals surface area (Å²) in [6, 6.07) is 11.4.